The van der Waals surface area contributed by atoms with Crippen LogP contribution in [0.25, 0.3) is 0 Å². The summed E-state index contributed by atoms with van der Waals surface area (Å²) in [7, 11) is 0. The predicted octanol–water partition coefficient (Wildman–Crippen LogP) is 4.24. The summed E-state index contributed by atoms with van der Waals surface area (Å²) in [5.41, 5.74) is -0.432. The van der Waals surface area contributed by atoms with Gasteiger partial charge in [0.15, 0.2) is 0 Å². The third kappa shape index (κ3) is 7.11. The van der Waals surface area contributed by atoms with Gasteiger partial charge >= 0.3 is 6.09 Å². The van der Waals surface area contributed by atoms with Crippen molar-refractivity contribution >= 4 is 6.09 Å². The lowest BCUT2D eigenvalue weighted by atomic mass is 9.82. The lowest BCUT2D eigenvalue weighted by Crippen LogP contribution is -2.47. The Bertz CT molecular complexity index is 374. The quantitative estimate of drug-likeness (QED) is 0.736. The van der Waals surface area contributed by atoms with Crippen LogP contribution < -0.4 is 10.6 Å². The number of nitrogens with one attached hydrogen (secondary N) is 2. The van der Waals surface area contributed by atoms with Gasteiger partial charge in [0, 0.05) is 18.6 Å². The first-order chi connectivity index (χ1) is 10.9. The van der Waals surface area contributed by atoms with Crippen molar-refractivity contribution in [3.8, 4) is 0 Å². The molecule has 2 aliphatic carbocycles. The first kappa shape index (κ1) is 18.6. The fraction of sp³-hybridized carbons (Fsp3) is 0.947. The average Bonchev–Trinajstić information content (AvgIpc) is 3.28. The molecule has 2 fully saturated rings. The molecule has 0 bridgehead atoms. The van der Waals surface area contributed by atoms with Crippen LogP contribution in [0.1, 0.15) is 79.1 Å². The zero-order valence-electron chi connectivity index (χ0n) is 15.5. The Balaban J connectivity index is 1.75. The molecule has 0 aliphatic heterocycles. The highest BCUT2D eigenvalue weighted by atomic mass is 16.6. The summed E-state index contributed by atoms with van der Waals surface area (Å²) in [5.74, 6) is 1.96. The van der Waals surface area contributed by atoms with Gasteiger partial charge in [0.2, 0.25) is 0 Å². The summed E-state index contributed by atoms with van der Waals surface area (Å²) in [6.45, 7) is 8.56. The van der Waals surface area contributed by atoms with Gasteiger partial charge in [-0.15, -0.1) is 0 Å². The molecular formula is C19H36N2O2. The van der Waals surface area contributed by atoms with Crippen molar-refractivity contribution in [3.05, 3.63) is 0 Å². The molecule has 2 N–H and O–H groups in total. The van der Waals surface area contributed by atoms with Crippen molar-refractivity contribution in [2.45, 2.75) is 96.7 Å². The second-order valence-corrected chi connectivity index (χ2v) is 8.50. The van der Waals surface area contributed by atoms with E-state index in [4.69, 9.17) is 4.74 Å². The summed E-state index contributed by atoms with van der Waals surface area (Å²) < 4.78 is 5.34. The van der Waals surface area contributed by atoms with Gasteiger partial charge in [0.1, 0.15) is 5.60 Å². The van der Waals surface area contributed by atoms with Gasteiger partial charge in [-0.1, -0.05) is 26.2 Å². The van der Waals surface area contributed by atoms with Crippen LogP contribution in [0.4, 0.5) is 4.79 Å². The zero-order valence-corrected chi connectivity index (χ0v) is 15.5. The van der Waals surface area contributed by atoms with Crippen molar-refractivity contribution in [1.29, 1.82) is 0 Å². The monoisotopic (exact) mass is 324 g/mol. The third-order valence-electron chi connectivity index (χ3n) is 5.00. The molecule has 1 amide bonds. The topological polar surface area (TPSA) is 50.4 Å². The first-order valence-corrected chi connectivity index (χ1v) is 9.60. The van der Waals surface area contributed by atoms with E-state index in [1.165, 1.54) is 38.5 Å². The van der Waals surface area contributed by atoms with Crippen LogP contribution in [0.5, 0.6) is 0 Å². The Labute approximate surface area is 142 Å². The van der Waals surface area contributed by atoms with Crippen LogP contribution in [0, 0.1) is 11.8 Å². The number of carbonyl (C=O) groups excluding carboxylic acids is 1. The van der Waals surface area contributed by atoms with E-state index >= 15 is 0 Å². The zero-order chi connectivity index (χ0) is 16.9. The highest BCUT2D eigenvalue weighted by molar-refractivity contribution is 5.67. The van der Waals surface area contributed by atoms with Crippen LogP contribution in [0.15, 0.2) is 0 Å². The van der Waals surface area contributed by atoms with Gasteiger partial charge in [-0.25, -0.2) is 4.79 Å². The van der Waals surface area contributed by atoms with Gasteiger partial charge in [-0.2, -0.15) is 0 Å². The molecule has 0 heterocycles. The molecule has 0 saturated heterocycles. The minimum absolute atomic E-state index is 0.306. The van der Waals surface area contributed by atoms with E-state index in [2.05, 4.69) is 17.6 Å². The van der Waals surface area contributed by atoms with Gasteiger partial charge < -0.3 is 15.4 Å². The highest BCUT2D eigenvalue weighted by Crippen LogP contribution is 2.43. The summed E-state index contributed by atoms with van der Waals surface area (Å²) in [6, 6.07) is 0.988. The summed E-state index contributed by atoms with van der Waals surface area (Å²) in [5, 5.41) is 6.75. The molecule has 2 rings (SSSR count). The van der Waals surface area contributed by atoms with Crippen LogP contribution in [-0.4, -0.2) is 30.3 Å². The van der Waals surface area contributed by atoms with Crippen molar-refractivity contribution in [1.82, 2.24) is 10.6 Å². The van der Waals surface area contributed by atoms with E-state index in [-0.39, 0.29) is 6.09 Å². The molecule has 4 heteroatoms. The van der Waals surface area contributed by atoms with Crippen molar-refractivity contribution in [2.75, 3.05) is 6.54 Å². The van der Waals surface area contributed by atoms with E-state index in [1.807, 2.05) is 20.8 Å². The molecule has 134 valence electrons. The molecule has 0 spiro atoms. The Kier molecular flexibility index (Phi) is 6.75. The summed E-state index contributed by atoms with van der Waals surface area (Å²) in [4.78, 5) is 11.8. The largest absolute Gasteiger partial charge is 0.444 e. The lowest BCUT2D eigenvalue weighted by molar-refractivity contribution is 0.0520. The molecule has 23 heavy (non-hydrogen) atoms. The highest BCUT2D eigenvalue weighted by Gasteiger charge is 2.35. The fourth-order valence-corrected chi connectivity index (χ4v) is 3.82. The standard InChI is InChI=1S/C19H36N2O2/c1-5-7-17(13-20-18(22)23-19(2,3)4)21-16-9-6-8-15(12-16)14-10-11-14/h14-17,21H,5-13H2,1-4H3,(H,20,22). The minimum Gasteiger partial charge on any atom is -0.444 e. The molecule has 2 aliphatic rings. The molecular weight excluding hydrogens is 288 g/mol. The predicted molar refractivity (Wildman–Crippen MR) is 94.5 cm³/mol. The van der Waals surface area contributed by atoms with E-state index in [1.54, 1.807) is 0 Å². The molecule has 3 atom stereocenters. The molecule has 0 aromatic rings. The Morgan fingerprint density at radius 2 is 1.91 bits per heavy atom. The fourth-order valence-electron chi connectivity index (χ4n) is 3.82. The molecule has 0 radical (unpaired) electrons. The van der Waals surface area contributed by atoms with Gasteiger partial charge in [0.25, 0.3) is 0 Å². The van der Waals surface area contributed by atoms with Crippen LogP contribution in [0.2, 0.25) is 0 Å². The van der Waals surface area contributed by atoms with Gasteiger partial charge in [-0.05, 0) is 64.7 Å². The van der Waals surface area contributed by atoms with Gasteiger partial charge in [-0.3, -0.25) is 0 Å². The Morgan fingerprint density at radius 1 is 1.17 bits per heavy atom. The van der Waals surface area contributed by atoms with E-state index < -0.39 is 5.60 Å². The average molecular weight is 325 g/mol. The molecule has 4 nitrogen and oxygen atoms in total. The maximum atomic E-state index is 11.8. The number of amides is 1. The van der Waals surface area contributed by atoms with Gasteiger partial charge in [0.05, 0.1) is 0 Å². The number of hydrogen-bond acceptors (Lipinski definition) is 3. The second-order valence-electron chi connectivity index (χ2n) is 8.50. The smallest absolute Gasteiger partial charge is 0.407 e. The summed E-state index contributed by atoms with van der Waals surface area (Å²) in [6.07, 6.45) is 10.2. The number of ether oxygens (including phenoxy) is 1. The lowest BCUT2D eigenvalue weighted by Gasteiger charge is -2.33. The van der Waals surface area contributed by atoms with E-state index in [9.17, 15) is 4.79 Å². The number of hydrogen-bond donors (Lipinski definition) is 2. The maximum absolute atomic E-state index is 11.8. The van der Waals surface area contributed by atoms with Crippen molar-refractivity contribution in [2.24, 2.45) is 11.8 Å². The Hall–Kier alpha value is -0.770. The number of rotatable bonds is 7. The van der Waals surface area contributed by atoms with Crippen molar-refractivity contribution < 1.29 is 9.53 Å². The minimum atomic E-state index is -0.432. The van der Waals surface area contributed by atoms with Crippen LogP contribution in [-0.2, 0) is 4.74 Å². The van der Waals surface area contributed by atoms with Crippen LogP contribution in [0.3, 0.4) is 0 Å². The molecule has 0 aromatic heterocycles. The van der Waals surface area contributed by atoms with Crippen molar-refractivity contribution in [3.63, 3.8) is 0 Å². The maximum Gasteiger partial charge on any atom is 0.407 e. The van der Waals surface area contributed by atoms with E-state index in [0.717, 1.165) is 24.7 Å². The normalized spacial score (nSPS) is 26.6. The SMILES string of the molecule is CCCC(CNC(=O)OC(C)(C)C)NC1CCCC(C2CC2)C1. The summed E-state index contributed by atoms with van der Waals surface area (Å²) >= 11 is 0. The van der Waals surface area contributed by atoms with Crippen LogP contribution >= 0.6 is 0 Å². The second kappa shape index (κ2) is 8.36. The number of carbonyl (C=O) groups is 1. The molecule has 3 unspecified atom stereocenters. The first-order valence-electron chi connectivity index (χ1n) is 9.60. The molecule has 2 saturated carbocycles. The third-order valence-corrected chi connectivity index (χ3v) is 5.00. The number of alkyl carbamates (subject to hydrolysis) is 1. The van der Waals surface area contributed by atoms with E-state index in [0.29, 0.717) is 18.6 Å². The Morgan fingerprint density at radius 3 is 2.52 bits per heavy atom. The molecule has 0 aromatic carbocycles.